The molecule has 0 saturated heterocycles. The first-order valence-corrected chi connectivity index (χ1v) is 8.21. The van der Waals surface area contributed by atoms with E-state index in [0.717, 1.165) is 30.8 Å². The third-order valence-corrected chi connectivity index (χ3v) is 4.02. The van der Waals surface area contributed by atoms with Crippen molar-refractivity contribution < 1.29 is 4.74 Å². The van der Waals surface area contributed by atoms with Gasteiger partial charge in [-0.1, -0.05) is 19.9 Å². The second kappa shape index (κ2) is 8.10. The first kappa shape index (κ1) is 15.9. The summed E-state index contributed by atoms with van der Waals surface area (Å²) in [4.78, 5) is 10.0. The third-order valence-electron chi connectivity index (χ3n) is 3.09. The summed E-state index contributed by atoms with van der Waals surface area (Å²) in [7, 11) is 0. The Kier molecular flexibility index (Phi) is 6.14. The van der Waals surface area contributed by atoms with Crippen LogP contribution in [0.4, 0.5) is 0 Å². The topological polar surface area (TPSA) is 47.0 Å². The quantitative estimate of drug-likeness (QED) is 0.813. The average molecular weight is 305 g/mol. The highest BCUT2D eigenvalue weighted by molar-refractivity contribution is 7.09. The molecule has 114 valence electrons. The van der Waals surface area contributed by atoms with Gasteiger partial charge in [-0.3, -0.25) is 0 Å². The maximum Gasteiger partial charge on any atom is 0.316 e. The summed E-state index contributed by atoms with van der Waals surface area (Å²) >= 11 is 1.75. The van der Waals surface area contributed by atoms with Gasteiger partial charge in [-0.2, -0.15) is 0 Å². The van der Waals surface area contributed by atoms with Crippen molar-refractivity contribution in [3.63, 3.8) is 0 Å². The maximum atomic E-state index is 5.62. The Hall–Kier alpha value is -1.46. The van der Waals surface area contributed by atoms with Gasteiger partial charge in [0.25, 0.3) is 0 Å². The molecule has 4 nitrogen and oxygen atoms in total. The number of thiophene rings is 1. The molecule has 0 aliphatic heterocycles. The van der Waals surface area contributed by atoms with E-state index in [9.17, 15) is 0 Å². The molecule has 0 aliphatic rings. The first-order valence-electron chi connectivity index (χ1n) is 7.33. The lowest BCUT2D eigenvalue weighted by Crippen LogP contribution is -2.20. The summed E-state index contributed by atoms with van der Waals surface area (Å²) in [6.07, 6.45) is 2.76. The van der Waals surface area contributed by atoms with E-state index in [1.54, 1.807) is 11.3 Å². The Balaban J connectivity index is 1.80. The number of nitrogens with one attached hydrogen (secondary N) is 1. The predicted octanol–water partition coefficient (Wildman–Crippen LogP) is 3.21. The second-order valence-electron chi connectivity index (χ2n) is 5.47. The molecule has 0 fully saturated rings. The Morgan fingerprint density at radius 3 is 2.90 bits per heavy atom. The fourth-order valence-corrected chi connectivity index (χ4v) is 2.60. The van der Waals surface area contributed by atoms with E-state index >= 15 is 0 Å². The summed E-state index contributed by atoms with van der Waals surface area (Å²) < 4.78 is 5.62. The molecule has 0 atom stereocenters. The number of aromatic nitrogens is 2. The van der Waals surface area contributed by atoms with Crippen molar-refractivity contribution in [1.29, 1.82) is 0 Å². The zero-order valence-corrected chi connectivity index (χ0v) is 13.7. The fraction of sp³-hybridized carbons (Fsp3) is 0.500. The Bertz CT molecular complexity index is 540. The number of hydrogen-bond acceptors (Lipinski definition) is 5. The van der Waals surface area contributed by atoms with Gasteiger partial charge in [0.05, 0.1) is 6.61 Å². The number of nitrogens with zero attached hydrogens (tertiary/aromatic N) is 2. The fourth-order valence-electron chi connectivity index (χ4n) is 1.91. The van der Waals surface area contributed by atoms with E-state index in [-0.39, 0.29) is 0 Å². The average Bonchev–Trinajstić information content (AvgIpc) is 2.94. The standard InChI is InChI=1S/C16H23N3OS/c1-12(2)9-17-10-14-11-18-16(19-13(14)3)20-7-6-15-5-4-8-21-15/h4-5,8,11-12,17H,6-7,9-10H2,1-3H3. The number of hydrogen-bond donors (Lipinski definition) is 1. The minimum atomic E-state index is 0.469. The Morgan fingerprint density at radius 2 is 2.24 bits per heavy atom. The van der Waals surface area contributed by atoms with Gasteiger partial charge in [0, 0.05) is 35.3 Å². The number of aryl methyl sites for hydroxylation is 1. The molecule has 5 heteroatoms. The van der Waals surface area contributed by atoms with Gasteiger partial charge < -0.3 is 10.1 Å². The lowest BCUT2D eigenvalue weighted by molar-refractivity contribution is 0.296. The van der Waals surface area contributed by atoms with Crippen LogP contribution in [0, 0.1) is 12.8 Å². The van der Waals surface area contributed by atoms with Crippen LogP contribution in [0.5, 0.6) is 6.01 Å². The van der Waals surface area contributed by atoms with E-state index in [4.69, 9.17) is 4.74 Å². The molecule has 0 bridgehead atoms. The van der Waals surface area contributed by atoms with Crippen LogP contribution in [0.15, 0.2) is 23.7 Å². The molecule has 0 unspecified atom stereocenters. The summed E-state index contributed by atoms with van der Waals surface area (Å²) in [5.41, 5.74) is 2.11. The molecule has 0 aromatic carbocycles. The third kappa shape index (κ3) is 5.44. The van der Waals surface area contributed by atoms with Crippen molar-refractivity contribution >= 4 is 11.3 Å². The minimum Gasteiger partial charge on any atom is -0.463 e. The minimum absolute atomic E-state index is 0.469. The van der Waals surface area contributed by atoms with Gasteiger partial charge in [-0.05, 0) is 30.8 Å². The van der Waals surface area contributed by atoms with E-state index in [1.165, 1.54) is 4.88 Å². The van der Waals surface area contributed by atoms with Crippen molar-refractivity contribution in [3.05, 3.63) is 39.8 Å². The van der Waals surface area contributed by atoms with Crippen LogP contribution in [-0.2, 0) is 13.0 Å². The summed E-state index contributed by atoms with van der Waals surface area (Å²) in [5, 5.41) is 5.48. The van der Waals surface area contributed by atoms with Crippen LogP contribution in [-0.4, -0.2) is 23.1 Å². The number of rotatable bonds is 8. The van der Waals surface area contributed by atoms with Crippen molar-refractivity contribution in [2.45, 2.75) is 33.7 Å². The van der Waals surface area contributed by atoms with Crippen LogP contribution in [0.25, 0.3) is 0 Å². The Labute approximate surface area is 130 Å². The highest BCUT2D eigenvalue weighted by atomic mass is 32.1. The highest BCUT2D eigenvalue weighted by Crippen LogP contribution is 2.11. The lowest BCUT2D eigenvalue weighted by atomic mass is 10.2. The first-order chi connectivity index (χ1) is 10.1. The highest BCUT2D eigenvalue weighted by Gasteiger charge is 2.05. The molecule has 21 heavy (non-hydrogen) atoms. The lowest BCUT2D eigenvalue weighted by Gasteiger charge is -2.10. The van der Waals surface area contributed by atoms with Crippen molar-refractivity contribution in [3.8, 4) is 6.01 Å². The molecular formula is C16H23N3OS. The van der Waals surface area contributed by atoms with Gasteiger partial charge in [0.2, 0.25) is 0 Å². The van der Waals surface area contributed by atoms with Crippen LogP contribution in [0.2, 0.25) is 0 Å². The zero-order chi connectivity index (χ0) is 15.1. The monoisotopic (exact) mass is 305 g/mol. The molecule has 0 aliphatic carbocycles. The van der Waals surface area contributed by atoms with Gasteiger partial charge in [0.1, 0.15) is 0 Å². The van der Waals surface area contributed by atoms with Crippen molar-refractivity contribution in [1.82, 2.24) is 15.3 Å². The molecule has 2 aromatic rings. The zero-order valence-electron chi connectivity index (χ0n) is 12.9. The van der Waals surface area contributed by atoms with Gasteiger partial charge in [-0.25, -0.2) is 9.97 Å². The SMILES string of the molecule is Cc1nc(OCCc2cccs2)ncc1CNCC(C)C. The van der Waals surface area contributed by atoms with E-state index in [0.29, 0.717) is 18.5 Å². The Morgan fingerprint density at radius 1 is 1.38 bits per heavy atom. The van der Waals surface area contributed by atoms with Crippen LogP contribution in [0.3, 0.4) is 0 Å². The smallest absolute Gasteiger partial charge is 0.316 e. The predicted molar refractivity (Wildman–Crippen MR) is 86.8 cm³/mol. The molecule has 0 spiro atoms. The van der Waals surface area contributed by atoms with Gasteiger partial charge >= 0.3 is 6.01 Å². The summed E-state index contributed by atoms with van der Waals surface area (Å²) in [6.45, 7) is 8.81. The van der Waals surface area contributed by atoms with Crippen molar-refractivity contribution in [2.24, 2.45) is 5.92 Å². The van der Waals surface area contributed by atoms with Crippen LogP contribution < -0.4 is 10.1 Å². The molecule has 0 amide bonds. The summed E-state index contributed by atoms with van der Waals surface area (Å²) in [6, 6.07) is 4.64. The molecule has 1 N–H and O–H groups in total. The maximum absolute atomic E-state index is 5.62. The van der Waals surface area contributed by atoms with Crippen molar-refractivity contribution in [2.75, 3.05) is 13.2 Å². The normalized spacial score (nSPS) is 11.0. The van der Waals surface area contributed by atoms with E-state index in [2.05, 4.69) is 46.6 Å². The molecule has 0 saturated carbocycles. The summed E-state index contributed by atoms with van der Waals surface area (Å²) in [5.74, 6) is 0.645. The second-order valence-corrected chi connectivity index (χ2v) is 6.50. The van der Waals surface area contributed by atoms with Crippen LogP contribution in [0.1, 0.15) is 30.0 Å². The number of ether oxygens (including phenoxy) is 1. The molecule has 2 heterocycles. The van der Waals surface area contributed by atoms with E-state index in [1.807, 2.05) is 13.1 Å². The molecule has 2 rings (SSSR count). The largest absolute Gasteiger partial charge is 0.463 e. The van der Waals surface area contributed by atoms with Gasteiger partial charge in [0.15, 0.2) is 0 Å². The van der Waals surface area contributed by atoms with Gasteiger partial charge in [-0.15, -0.1) is 11.3 Å². The molecular weight excluding hydrogens is 282 g/mol. The molecule has 0 radical (unpaired) electrons. The molecule has 2 aromatic heterocycles. The van der Waals surface area contributed by atoms with Crippen LogP contribution >= 0.6 is 11.3 Å². The van der Waals surface area contributed by atoms with E-state index < -0.39 is 0 Å².